The van der Waals surface area contributed by atoms with Gasteiger partial charge in [-0.1, -0.05) is 19.3 Å². The standard InChI is InChI=1S/C21H30N6O/c1-15-16(2)24-27(17(15)3)20-10-9-19(22-23-20)25-11-13-26(14-12-25)21(28)18-7-5-4-6-8-18/h9-10,18H,4-8,11-14H2,1-3H3. The number of hydrogen-bond acceptors (Lipinski definition) is 5. The van der Waals surface area contributed by atoms with Gasteiger partial charge in [-0.05, 0) is 51.3 Å². The van der Waals surface area contributed by atoms with Crippen LogP contribution in [0.4, 0.5) is 5.82 Å². The van der Waals surface area contributed by atoms with Gasteiger partial charge in [0.15, 0.2) is 11.6 Å². The van der Waals surface area contributed by atoms with E-state index in [4.69, 9.17) is 0 Å². The lowest BCUT2D eigenvalue weighted by molar-refractivity contribution is -0.136. The zero-order valence-corrected chi connectivity index (χ0v) is 17.2. The average Bonchev–Trinajstić information content (AvgIpc) is 3.01. The van der Waals surface area contributed by atoms with Gasteiger partial charge in [0.2, 0.25) is 5.91 Å². The number of anilines is 1. The van der Waals surface area contributed by atoms with Gasteiger partial charge in [-0.2, -0.15) is 5.10 Å². The topological polar surface area (TPSA) is 67.2 Å². The number of aryl methyl sites for hydroxylation is 1. The fourth-order valence-corrected chi connectivity index (χ4v) is 4.31. The molecule has 2 aromatic rings. The molecule has 1 saturated heterocycles. The summed E-state index contributed by atoms with van der Waals surface area (Å²) in [6.07, 6.45) is 5.82. The Balaban J connectivity index is 1.38. The first kappa shape index (κ1) is 18.9. The molecule has 0 bridgehead atoms. The molecule has 150 valence electrons. The SMILES string of the molecule is Cc1nn(-c2ccc(N3CCN(C(=O)C4CCCCC4)CC3)nn2)c(C)c1C. The highest BCUT2D eigenvalue weighted by Crippen LogP contribution is 2.26. The van der Waals surface area contributed by atoms with Crippen LogP contribution in [-0.4, -0.2) is 57.0 Å². The van der Waals surface area contributed by atoms with Gasteiger partial charge in [0.1, 0.15) is 0 Å². The lowest BCUT2D eigenvalue weighted by Crippen LogP contribution is -2.50. The van der Waals surface area contributed by atoms with Gasteiger partial charge < -0.3 is 9.80 Å². The van der Waals surface area contributed by atoms with Crippen LogP contribution in [0, 0.1) is 26.7 Å². The van der Waals surface area contributed by atoms with Crippen molar-refractivity contribution in [3.8, 4) is 5.82 Å². The van der Waals surface area contributed by atoms with Gasteiger partial charge in [-0.25, -0.2) is 4.68 Å². The summed E-state index contributed by atoms with van der Waals surface area (Å²) in [6, 6.07) is 3.98. The number of hydrogen-bond donors (Lipinski definition) is 0. The Bertz CT molecular complexity index is 829. The Morgan fingerprint density at radius 1 is 0.929 bits per heavy atom. The molecule has 1 aliphatic carbocycles. The van der Waals surface area contributed by atoms with E-state index in [1.54, 1.807) is 0 Å². The molecule has 2 fully saturated rings. The lowest BCUT2D eigenvalue weighted by Gasteiger charge is -2.37. The van der Waals surface area contributed by atoms with Crippen molar-refractivity contribution < 1.29 is 4.79 Å². The van der Waals surface area contributed by atoms with Gasteiger partial charge in [0, 0.05) is 37.8 Å². The van der Waals surface area contributed by atoms with Crippen molar-refractivity contribution >= 4 is 11.7 Å². The van der Waals surface area contributed by atoms with Crippen LogP contribution in [0.5, 0.6) is 0 Å². The average molecular weight is 383 g/mol. The molecule has 0 N–H and O–H groups in total. The highest BCUT2D eigenvalue weighted by molar-refractivity contribution is 5.79. The van der Waals surface area contributed by atoms with Crippen LogP contribution in [0.1, 0.15) is 49.1 Å². The fourth-order valence-electron chi connectivity index (χ4n) is 4.31. The Hall–Kier alpha value is -2.44. The molecule has 7 heteroatoms. The van der Waals surface area contributed by atoms with Crippen molar-refractivity contribution in [3.63, 3.8) is 0 Å². The number of rotatable bonds is 3. The minimum Gasteiger partial charge on any atom is -0.352 e. The molecule has 2 aliphatic rings. The van der Waals surface area contributed by atoms with Crippen molar-refractivity contribution in [2.24, 2.45) is 5.92 Å². The molecule has 0 unspecified atom stereocenters. The monoisotopic (exact) mass is 382 g/mol. The van der Waals surface area contributed by atoms with Gasteiger partial charge in [0.25, 0.3) is 0 Å². The predicted molar refractivity (Wildman–Crippen MR) is 109 cm³/mol. The first-order valence-corrected chi connectivity index (χ1v) is 10.5. The van der Waals surface area contributed by atoms with Crippen molar-refractivity contribution in [2.45, 2.75) is 52.9 Å². The van der Waals surface area contributed by atoms with Crippen LogP contribution in [0.3, 0.4) is 0 Å². The molecule has 1 saturated carbocycles. The Labute approximate surface area is 166 Å². The van der Waals surface area contributed by atoms with Gasteiger partial charge in [0.05, 0.1) is 5.69 Å². The smallest absolute Gasteiger partial charge is 0.225 e. The molecule has 0 spiro atoms. The van der Waals surface area contributed by atoms with Gasteiger partial charge in [-0.15, -0.1) is 10.2 Å². The molecule has 2 aromatic heterocycles. The first-order chi connectivity index (χ1) is 13.5. The fraction of sp³-hybridized carbons (Fsp3) is 0.619. The Morgan fingerprint density at radius 2 is 1.57 bits per heavy atom. The highest BCUT2D eigenvalue weighted by Gasteiger charge is 2.28. The maximum atomic E-state index is 12.7. The summed E-state index contributed by atoms with van der Waals surface area (Å²) in [6.45, 7) is 9.30. The summed E-state index contributed by atoms with van der Waals surface area (Å²) in [5.74, 6) is 2.22. The Kier molecular flexibility index (Phi) is 5.33. The van der Waals surface area contributed by atoms with E-state index in [0.29, 0.717) is 5.91 Å². The molecular weight excluding hydrogens is 352 g/mol. The zero-order chi connectivity index (χ0) is 19.7. The summed E-state index contributed by atoms with van der Waals surface area (Å²) in [5.41, 5.74) is 3.29. The highest BCUT2D eigenvalue weighted by atomic mass is 16.2. The van der Waals surface area contributed by atoms with E-state index in [2.05, 4.69) is 27.1 Å². The molecule has 0 radical (unpaired) electrons. The van der Waals surface area contributed by atoms with Gasteiger partial charge in [-0.3, -0.25) is 4.79 Å². The van der Waals surface area contributed by atoms with E-state index in [1.807, 2.05) is 35.6 Å². The van der Waals surface area contributed by atoms with E-state index in [9.17, 15) is 4.79 Å². The van der Waals surface area contributed by atoms with Crippen LogP contribution in [0.2, 0.25) is 0 Å². The quantitative estimate of drug-likeness (QED) is 0.817. The summed E-state index contributed by atoms with van der Waals surface area (Å²) in [7, 11) is 0. The molecule has 28 heavy (non-hydrogen) atoms. The number of amides is 1. The number of nitrogens with zero attached hydrogens (tertiary/aromatic N) is 6. The van der Waals surface area contributed by atoms with Crippen molar-refractivity contribution in [1.82, 2.24) is 24.9 Å². The summed E-state index contributed by atoms with van der Waals surface area (Å²) in [5, 5.41) is 13.4. The molecule has 7 nitrogen and oxygen atoms in total. The number of aromatic nitrogens is 4. The largest absolute Gasteiger partial charge is 0.352 e. The number of carbonyl (C=O) groups excluding carboxylic acids is 1. The molecule has 0 atom stereocenters. The second-order valence-electron chi connectivity index (χ2n) is 8.10. The molecule has 1 amide bonds. The van der Waals surface area contributed by atoms with E-state index >= 15 is 0 Å². The van der Waals surface area contributed by atoms with Crippen LogP contribution in [-0.2, 0) is 4.79 Å². The summed E-state index contributed by atoms with van der Waals surface area (Å²) in [4.78, 5) is 17.0. The molecular formula is C21H30N6O. The molecule has 3 heterocycles. The summed E-state index contributed by atoms with van der Waals surface area (Å²) < 4.78 is 1.85. The van der Waals surface area contributed by atoms with Crippen molar-refractivity contribution in [3.05, 3.63) is 29.1 Å². The van der Waals surface area contributed by atoms with Crippen LogP contribution in [0.15, 0.2) is 12.1 Å². The van der Waals surface area contributed by atoms with Crippen molar-refractivity contribution in [1.29, 1.82) is 0 Å². The van der Waals surface area contributed by atoms with E-state index < -0.39 is 0 Å². The third kappa shape index (κ3) is 3.62. The number of piperazine rings is 1. The van der Waals surface area contributed by atoms with Crippen molar-refractivity contribution in [2.75, 3.05) is 31.1 Å². The molecule has 1 aliphatic heterocycles. The van der Waals surface area contributed by atoms with E-state index in [1.165, 1.54) is 24.8 Å². The minimum absolute atomic E-state index is 0.253. The third-order valence-electron chi connectivity index (χ3n) is 6.38. The van der Waals surface area contributed by atoms with Gasteiger partial charge >= 0.3 is 0 Å². The third-order valence-corrected chi connectivity index (χ3v) is 6.38. The predicted octanol–water partition coefficient (Wildman–Crippen LogP) is 2.82. The second-order valence-corrected chi connectivity index (χ2v) is 8.10. The molecule has 4 rings (SSSR count). The van der Waals surface area contributed by atoms with Crippen LogP contribution < -0.4 is 4.90 Å². The maximum absolute atomic E-state index is 12.7. The Morgan fingerprint density at radius 3 is 2.14 bits per heavy atom. The first-order valence-electron chi connectivity index (χ1n) is 10.5. The summed E-state index contributed by atoms with van der Waals surface area (Å²) >= 11 is 0. The zero-order valence-electron chi connectivity index (χ0n) is 17.2. The second kappa shape index (κ2) is 7.89. The number of carbonyl (C=O) groups is 1. The van der Waals surface area contributed by atoms with E-state index in [-0.39, 0.29) is 5.92 Å². The van der Waals surface area contributed by atoms with Crippen LogP contribution in [0.25, 0.3) is 5.82 Å². The minimum atomic E-state index is 0.253. The van der Waals surface area contributed by atoms with Crippen LogP contribution >= 0.6 is 0 Å². The lowest BCUT2D eigenvalue weighted by atomic mass is 9.88. The maximum Gasteiger partial charge on any atom is 0.225 e. The van der Waals surface area contributed by atoms with E-state index in [0.717, 1.165) is 62.0 Å². The normalized spacial score (nSPS) is 18.5. The molecule has 0 aromatic carbocycles.